The Bertz CT molecular complexity index is 1260. The van der Waals surface area contributed by atoms with Crippen LogP contribution < -0.4 is 0 Å². The summed E-state index contributed by atoms with van der Waals surface area (Å²) in [7, 11) is 0. The quantitative estimate of drug-likeness (QED) is 0.357. The van der Waals surface area contributed by atoms with Crippen LogP contribution in [-0.4, -0.2) is 57.8 Å². The average Bonchev–Trinajstić information content (AvgIpc) is 3.40. The van der Waals surface area contributed by atoms with E-state index in [0.717, 1.165) is 47.8 Å². The van der Waals surface area contributed by atoms with E-state index >= 15 is 0 Å². The zero-order valence-electron chi connectivity index (χ0n) is 21.3. The van der Waals surface area contributed by atoms with E-state index < -0.39 is 17.7 Å². The molecular weight excluding hydrogens is 470 g/mol. The summed E-state index contributed by atoms with van der Waals surface area (Å²) in [6.45, 7) is 11.2. The fraction of sp³-hybridized carbons (Fsp3) is 0.345. The Labute approximate surface area is 216 Å². The van der Waals surface area contributed by atoms with E-state index in [-0.39, 0.29) is 11.4 Å². The lowest BCUT2D eigenvalue weighted by atomic mass is 9.94. The number of Topliss-reactive ketones (excluding diaryl/α,β-unsaturated/α-hetero) is 1. The van der Waals surface area contributed by atoms with Gasteiger partial charge in [-0.05, 0) is 45.5 Å². The third-order valence-electron chi connectivity index (χ3n) is 6.73. The average molecular weight is 504 g/mol. The third kappa shape index (κ3) is 5.13. The summed E-state index contributed by atoms with van der Waals surface area (Å²) in [4.78, 5) is 36.2. The number of aliphatic hydroxyl groups excluding tert-OH is 1. The number of hydrogen-bond acceptors (Lipinski definition) is 6. The van der Waals surface area contributed by atoms with Crippen molar-refractivity contribution in [2.24, 2.45) is 0 Å². The summed E-state index contributed by atoms with van der Waals surface area (Å²) in [6, 6.07) is 16.9. The standard InChI is InChI=1S/C29H33N3O3S/c1-5-31(6-2)17-10-18-32-24(21-15-13-19(3)14-16-21)23(26(34)29(32)35)25(33)27-20(4)30-28(36-27)22-11-8-7-9-12-22/h7-9,11-16,24,34H,5-6,10,17-18H2,1-4H3. The molecule has 0 spiro atoms. The minimum Gasteiger partial charge on any atom is -0.503 e. The molecule has 1 amide bonds. The van der Waals surface area contributed by atoms with Crippen LogP contribution in [0.1, 0.15) is 52.8 Å². The summed E-state index contributed by atoms with van der Waals surface area (Å²) >= 11 is 1.30. The minimum atomic E-state index is -0.635. The van der Waals surface area contributed by atoms with E-state index in [1.807, 2.05) is 61.5 Å². The van der Waals surface area contributed by atoms with Gasteiger partial charge in [0.15, 0.2) is 5.76 Å². The topological polar surface area (TPSA) is 73.7 Å². The van der Waals surface area contributed by atoms with Crippen molar-refractivity contribution in [1.82, 2.24) is 14.8 Å². The molecule has 1 N–H and O–H groups in total. The molecule has 3 aromatic rings. The van der Waals surface area contributed by atoms with Gasteiger partial charge in [-0.3, -0.25) is 9.59 Å². The highest BCUT2D eigenvalue weighted by atomic mass is 32.1. The molecule has 2 aromatic carbocycles. The van der Waals surface area contributed by atoms with Crippen LogP contribution in [0.5, 0.6) is 0 Å². The molecule has 0 radical (unpaired) electrons. The molecule has 188 valence electrons. The zero-order chi connectivity index (χ0) is 25.8. The molecule has 1 aromatic heterocycles. The van der Waals surface area contributed by atoms with Gasteiger partial charge in [0.1, 0.15) is 5.01 Å². The van der Waals surface area contributed by atoms with Gasteiger partial charge in [0.25, 0.3) is 5.91 Å². The second-order valence-corrected chi connectivity index (χ2v) is 10.1. The first kappa shape index (κ1) is 25.8. The van der Waals surface area contributed by atoms with Crippen molar-refractivity contribution in [3.8, 4) is 10.6 Å². The van der Waals surface area contributed by atoms with Crippen LogP contribution in [0.4, 0.5) is 0 Å². The normalized spacial score (nSPS) is 15.9. The minimum absolute atomic E-state index is 0.137. The number of carbonyl (C=O) groups is 2. The highest BCUT2D eigenvalue weighted by molar-refractivity contribution is 7.17. The SMILES string of the molecule is CCN(CC)CCCN1C(=O)C(O)=C(C(=O)c2sc(-c3ccccc3)nc2C)C1c1ccc(C)cc1. The number of thiazole rings is 1. The summed E-state index contributed by atoms with van der Waals surface area (Å²) < 4.78 is 0. The van der Waals surface area contributed by atoms with Crippen molar-refractivity contribution >= 4 is 23.0 Å². The van der Waals surface area contributed by atoms with Gasteiger partial charge in [0.2, 0.25) is 5.78 Å². The number of benzene rings is 2. The molecule has 2 heterocycles. The number of nitrogens with zero attached hydrogens (tertiary/aromatic N) is 3. The van der Waals surface area contributed by atoms with Crippen molar-refractivity contribution in [3.05, 3.63) is 87.6 Å². The molecule has 0 aliphatic carbocycles. The van der Waals surface area contributed by atoms with Crippen molar-refractivity contribution in [2.75, 3.05) is 26.2 Å². The van der Waals surface area contributed by atoms with Crippen molar-refractivity contribution < 1.29 is 14.7 Å². The van der Waals surface area contributed by atoms with Gasteiger partial charge in [-0.25, -0.2) is 4.98 Å². The second-order valence-electron chi connectivity index (χ2n) is 9.08. The van der Waals surface area contributed by atoms with Crippen LogP contribution in [0.25, 0.3) is 10.6 Å². The van der Waals surface area contributed by atoms with E-state index in [2.05, 4.69) is 23.7 Å². The Balaban J connectivity index is 1.69. The van der Waals surface area contributed by atoms with E-state index in [0.29, 0.717) is 17.1 Å². The third-order valence-corrected chi connectivity index (χ3v) is 7.94. The molecule has 1 atom stereocenters. The highest BCUT2D eigenvalue weighted by Gasteiger charge is 2.44. The summed E-state index contributed by atoms with van der Waals surface area (Å²) in [5, 5.41) is 11.7. The number of hydrogen-bond donors (Lipinski definition) is 1. The van der Waals surface area contributed by atoms with Crippen molar-refractivity contribution in [3.63, 3.8) is 0 Å². The van der Waals surface area contributed by atoms with Crippen LogP contribution >= 0.6 is 11.3 Å². The fourth-order valence-electron chi connectivity index (χ4n) is 4.65. The number of amides is 1. The second kappa shape index (κ2) is 11.2. The molecule has 1 aliphatic heterocycles. The predicted molar refractivity (Wildman–Crippen MR) is 144 cm³/mol. The molecule has 0 bridgehead atoms. The van der Waals surface area contributed by atoms with Crippen molar-refractivity contribution in [2.45, 2.75) is 40.2 Å². The van der Waals surface area contributed by atoms with Crippen LogP contribution in [0.3, 0.4) is 0 Å². The Morgan fingerprint density at radius 3 is 2.36 bits per heavy atom. The molecule has 0 saturated carbocycles. The number of rotatable bonds is 10. The lowest BCUT2D eigenvalue weighted by Crippen LogP contribution is -2.34. The molecule has 0 fully saturated rings. The molecule has 36 heavy (non-hydrogen) atoms. The molecule has 1 aliphatic rings. The maximum atomic E-state index is 13.9. The van der Waals surface area contributed by atoms with E-state index in [4.69, 9.17) is 0 Å². The molecule has 0 saturated heterocycles. The van der Waals surface area contributed by atoms with Gasteiger partial charge < -0.3 is 14.9 Å². The zero-order valence-corrected chi connectivity index (χ0v) is 22.1. The lowest BCUT2D eigenvalue weighted by Gasteiger charge is -2.28. The maximum Gasteiger partial charge on any atom is 0.290 e. The molecular formula is C29H33N3O3S. The monoisotopic (exact) mass is 503 g/mol. The van der Waals surface area contributed by atoms with Gasteiger partial charge in [0, 0.05) is 12.1 Å². The maximum absolute atomic E-state index is 13.9. The van der Waals surface area contributed by atoms with E-state index in [9.17, 15) is 14.7 Å². The molecule has 4 rings (SSSR count). The van der Waals surface area contributed by atoms with Gasteiger partial charge in [-0.1, -0.05) is 74.0 Å². The Morgan fingerprint density at radius 2 is 1.72 bits per heavy atom. The number of aliphatic hydroxyl groups is 1. The van der Waals surface area contributed by atoms with Gasteiger partial charge in [-0.15, -0.1) is 11.3 Å². The first-order chi connectivity index (χ1) is 17.3. The fourth-order valence-corrected chi connectivity index (χ4v) is 5.68. The number of aromatic nitrogens is 1. The van der Waals surface area contributed by atoms with E-state index in [1.165, 1.54) is 11.3 Å². The van der Waals surface area contributed by atoms with Crippen molar-refractivity contribution in [1.29, 1.82) is 0 Å². The first-order valence-corrected chi connectivity index (χ1v) is 13.3. The number of aryl methyl sites for hydroxylation is 2. The summed E-state index contributed by atoms with van der Waals surface area (Å²) in [5.41, 5.74) is 3.56. The van der Waals surface area contributed by atoms with Gasteiger partial charge in [-0.2, -0.15) is 0 Å². The summed E-state index contributed by atoms with van der Waals surface area (Å²) in [5.74, 6) is -1.29. The molecule has 1 unspecified atom stereocenters. The molecule has 7 heteroatoms. The van der Waals surface area contributed by atoms with Crippen LogP contribution in [0, 0.1) is 13.8 Å². The Morgan fingerprint density at radius 1 is 1.06 bits per heavy atom. The van der Waals surface area contributed by atoms with Crippen LogP contribution in [0.15, 0.2) is 65.9 Å². The lowest BCUT2D eigenvalue weighted by molar-refractivity contribution is -0.129. The van der Waals surface area contributed by atoms with Crippen LogP contribution in [-0.2, 0) is 4.79 Å². The number of ketones is 1. The van der Waals surface area contributed by atoms with Gasteiger partial charge in [0.05, 0.1) is 22.2 Å². The first-order valence-electron chi connectivity index (χ1n) is 12.5. The Hall–Kier alpha value is -3.29. The van der Waals surface area contributed by atoms with Crippen LogP contribution in [0.2, 0.25) is 0 Å². The smallest absolute Gasteiger partial charge is 0.290 e. The summed E-state index contributed by atoms with van der Waals surface area (Å²) in [6.07, 6.45) is 0.752. The van der Waals surface area contributed by atoms with E-state index in [1.54, 1.807) is 11.8 Å². The van der Waals surface area contributed by atoms with Gasteiger partial charge >= 0.3 is 0 Å². The predicted octanol–water partition coefficient (Wildman–Crippen LogP) is 5.74. The number of carbonyl (C=O) groups excluding carboxylic acids is 2. The molecule has 6 nitrogen and oxygen atoms in total. The highest BCUT2D eigenvalue weighted by Crippen LogP contribution is 2.41. The largest absolute Gasteiger partial charge is 0.503 e. The Kier molecular flexibility index (Phi) is 8.01.